The summed E-state index contributed by atoms with van der Waals surface area (Å²) in [6.07, 6.45) is 15.6. The van der Waals surface area contributed by atoms with Crippen LogP contribution in [0.4, 0.5) is 17.6 Å². The number of rotatable bonds is 8. The lowest BCUT2D eigenvalue weighted by Crippen LogP contribution is -2.34. The number of hydrogen-bond acceptors (Lipinski definition) is 0. The van der Waals surface area contributed by atoms with Crippen molar-refractivity contribution in [3.8, 4) is 0 Å². The molecule has 2 fully saturated rings. The van der Waals surface area contributed by atoms with Crippen molar-refractivity contribution >= 4 is 0 Å². The molecule has 0 saturated heterocycles. The summed E-state index contributed by atoms with van der Waals surface area (Å²) in [4.78, 5) is 0. The highest BCUT2D eigenvalue weighted by Gasteiger charge is 2.53. The molecule has 0 aromatic heterocycles. The summed E-state index contributed by atoms with van der Waals surface area (Å²) in [5.41, 5.74) is 0.426. The summed E-state index contributed by atoms with van der Waals surface area (Å²) in [5, 5.41) is 0. The second-order valence-corrected chi connectivity index (χ2v) is 9.97. The molecule has 2 aliphatic rings. The minimum Gasteiger partial charge on any atom is -0.200 e. The molecule has 0 bridgehead atoms. The first kappa shape index (κ1) is 23.6. The monoisotopic (exact) mass is 426 g/mol. The summed E-state index contributed by atoms with van der Waals surface area (Å²) < 4.78 is 54.1. The van der Waals surface area contributed by atoms with Crippen molar-refractivity contribution in [2.75, 3.05) is 0 Å². The predicted octanol–water partition coefficient (Wildman–Crippen LogP) is 9.09. The summed E-state index contributed by atoms with van der Waals surface area (Å²) in [5.74, 6) is -5.20. The van der Waals surface area contributed by atoms with E-state index in [1.165, 1.54) is 76.3 Å². The Morgan fingerprint density at radius 2 is 1.30 bits per heavy atom. The van der Waals surface area contributed by atoms with Crippen molar-refractivity contribution < 1.29 is 17.6 Å². The molecule has 0 nitrogen and oxygen atoms in total. The van der Waals surface area contributed by atoms with E-state index in [0.717, 1.165) is 36.2 Å². The molecule has 2 saturated carbocycles. The van der Waals surface area contributed by atoms with Gasteiger partial charge in [-0.25, -0.2) is 0 Å². The Hall–Kier alpha value is -1.06. The molecule has 2 aliphatic carbocycles. The van der Waals surface area contributed by atoms with E-state index in [1.54, 1.807) is 12.1 Å². The van der Waals surface area contributed by atoms with Crippen molar-refractivity contribution in [1.82, 2.24) is 0 Å². The Bertz CT molecular complexity index is 630. The van der Waals surface area contributed by atoms with Gasteiger partial charge >= 0.3 is 11.8 Å². The first-order valence-electron chi connectivity index (χ1n) is 12.1. The van der Waals surface area contributed by atoms with Crippen LogP contribution in [0.25, 0.3) is 0 Å². The molecule has 0 heterocycles. The van der Waals surface area contributed by atoms with Gasteiger partial charge in [0.05, 0.1) is 0 Å². The first-order chi connectivity index (χ1) is 14.2. The van der Waals surface area contributed by atoms with Gasteiger partial charge in [-0.1, -0.05) is 69.7 Å². The van der Waals surface area contributed by atoms with Crippen LogP contribution in [-0.4, -0.2) is 5.92 Å². The summed E-state index contributed by atoms with van der Waals surface area (Å²) in [7, 11) is 0. The minimum absolute atomic E-state index is 0.279. The molecular weight excluding hydrogens is 388 g/mol. The van der Waals surface area contributed by atoms with Crippen molar-refractivity contribution in [3.05, 3.63) is 35.4 Å². The number of hydrogen-bond donors (Lipinski definition) is 0. The smallest absolute Gasteiger partial charge is 0.200 e. The second kappa shape index (κ2) is 10.0. The molecule has 30 heavy (non-hydrogen) atoms. The van der Waals surface area contributed by atoms with Gasteiger partial charge < -0.3 is 0 Å². The quantitative estimate of drug-likeness (QED) is 0.287. The summed E-state index contributed by atoms with van der Waals surface area (Å²) in [6, 6.07) is 5.67. The van der Waals surface area contributed by atoms with Crippen molar-refractivity contribution in [2.45, 2.75) is 109 Å². The summed E-state index contributed by atoms with van der Waals surface area (Å²) in [6.45, 7) is 2.54. The van der Waals surface area contributed by atoms with E-state index in [0.29, 0.717) is 5.92 Å². The highest BCUT2D eigenvalue weighted by molar-refractivity contribution is 5.29. The molecule has 1 aromatic carbocycles. The van der Waals surface area contributed by atoms with Gasteiger partial charge in [0.2, 0.25) is 0 Å². The Morgan fingerprint density at radius 3 is 1.80 bits per heavy atom. The van der Waals surface area contributed by atoms with E-state index < -0.39 is 17.4 Å². The molecule has 3 rings (SSSR count). The Balaban J connectivity index is 1.47. The standard InChI is InChI=1S/C26H38F4/c1-3-4-5-6-19-7-9-20(10-8-19)21-11-13-22(14-12-21)23-15-17-24(18-16-23)26(29,30)25(2,27)28/h15-22H,3-14H2,1-2H3. The molecule has 0 radical (unpaired) electrons. The van der Waals surface area contributed by atoms with Gasteiger partial charge in [0.15, 0.2) is 0 Å². The number of unbranched alkanes of at least 4 members (excludes halogenated alkanes) is 2. The average molecular weight is 427 g/mol. The highest BCUT2D eigenvalue weighted by Crippen LogP contribution is 2.46. The van der Waals surface area contributed by atoms with Crippen LogP contribution >= 0.6 is 0 Å². The zero-order valence-electron chi connectivity index (χ0n) is 18.6. The topological polar surface area (TPSA) is 0 Å². The lowest BCUT2D eigenvalue weighted by molar-refractivity contribution is -0.204. The third-order valence-corrected chi connectivity index (χ3v) is 7.84. The minimum atomic E-state index is -4.13. The van der Waals surface area contributed by atoms with E-state index in [9.17, 15) is 17.6 Å². The maximum absolute atomic E-state index is 13.9. The van der Waals surface area contributed by atoms with Crippen LogP contribution in [0.1, 0.15) is 108 Å². The fraction of sp³-hybridized carbons (Fsp3) is 0.769. The molecule has 0 aliphatic heterocycles. The van der Waals surface area contributed by atoms with Crippen LogP contribution in [0.2, 0.25) is 0 Å². The largest absolute Gasteiger partial charge is 0.335 e. The van der Waals surface area contributed by atoms with Crippen LogP contribution < -0.4 is 0 Å². The van der Waals surface area contributed by atoms with Crippen LogP contribution in [0.5, 0.6) is 0 Å². The number of alkyl halides is 4. The predicted molar refractivity (Wildman–Crippen MR) is 115 cm³/mol. The van der Waals surface area contributed by atoms with Crippen LogP contribution in [-0.2, 0) is 5.92 Å². The molecule has 0 spiro atoms. The maximum atomic E-state index is 13.9. The Labute approximate surface area is 179 Å². The zero-order valence-corrected chi connectivity index (χ0v) is 18.6. The van der Waals surface area contributed by atoms with Gasteiger partial charge in [-0.2, -0.15) is 17.6 Å². The molecule has 0 atom stereocenters. The second-order valence-electron chi connectivity index (χ2n) is 9.97. The fourth-order valence-electron chi connectivity index (χ4n) is 5.77. The Kier molecular flexibility index (Phi) is 7.90. The van der Waals surface area contributed by atoms with E-state index >= 15 is 0 Å². The van der Waals surface area contributed by atoms with E-state index in [1.807, 2.05) is 0 Å². The molecule has 1 aromatic rings. The van der Waals surface area contributed by atoms with Crippen molar-refractivity contribution in [1.29, 1.82) is 0 Å². The fourth-order valence-corrected chi connectivity index (χ4v) is 5.77. The van der Waals surface area contributed by atoms with Gasteiger partial charge in [0.25, 0.3) is 0 Å². The number of benzene rings is 1. The third kappa shape index (κ3) is 5.59. The lowest BCUT2D eigenvalue weighted by Gasteiger charge is -2.38. The molecule has 4 heteroatoms. The van der Waals surface area contributed by atoms with Crippen molar-refractivity contribution in [2.24, 2.45) is 17.8 Å². The number of halogens is 4. The van der Waals surface area contributed by atoms with Crippen molar-refractivity contribution in [3.63, 3.8) is 0 Å². The highest BCUT2D eigenvalue weighted by atomic mass is 19.3. The molecular formula is C26H38F4. The van der Waals surface area contributed by atoms with Gasteiger partial charge in [0, 0.05) is 12.5 Å². The Morgan fingerprint density at radius 1 is 0.767 bits per heavy atom. The lowest BCUT2D eigenvalue weighted by atomic mass is 9.68. The van der Waals surface area contributed by atoms with Crippen LogP contribution in [0, 0.1) is 17.8 Å². The molecule has 0 N–H and O–H groups in total. The zero-order chi connectivity index (χ0) is 21.8. The maximum Gasteiger partial charge on any atom is 0.335 e. The van der Waals surface area contributed by atoms with E-state index in [-0.39, 0.29) is 6.92 Å². The molecule has 170 valence electrons. The van der Waals surface area contributed by atoms with Crippen LogP contribution in [0.3, 0.4) is 0 Å². The van der Waals surface area contributed by atoms with Gasteiger partial charge in [-0.15, -0.1) is 0 Å². The molecule has 0 amide bonds. The van der Waals surface area contributed by atoms with Crippen LogP contribution in [0.15, 0.2) is 24.3 Å². The first-order valence-corrected chi connectivity index (χ1v) is 12.1. The average Bonchev–Trinajstić information content (AvgIpc) is 2.74. The molecule has 0 unspecified atom stereocenters. The van der Waals surface area contributed by atoms with E-state index in [2.05, 4.69) is 6.92 Å². The normalized spacial score (nSPS) is 28.5. The van der Waals surface area contributed by atoms with Gasteiger partial charge in [-0.3, -0.25) is 0 Å². The SMILES string of the molecule is CCCCCC1CCC(C2CCC(c3ccc(C(F)(F)C(C)(F)F)cc3)CC2)CC1. The van der Waals surface area contributed by atoms with E-state index in [4.69, 9.17) is 0 Å². The summed E-state index contributed by atoms with van der Waals surface area (Å²) >= 11 is 0. The van der Waals surface area contributed by atoms with Gasteiger partial charge in [0.1, 0.15) is 0 Å². The van der Waals surface area contributed by atoms with Gasteiger partial charge in [-0.05, 0) is 67.8 Å². The third-order valence-electron chi connectivity index (χ3n) is 7.84.